The summed E-state index contributed by atoms with van der Waals surface area (Å²) in [5.74, 6) is -24.0. The van der Waals surface area contributed by atoms with Crippen LogP contribution in [0.25, 0.3) is 90.9 Å². The molecule has 3 aromatic heterocycles. The van der Waals surface area contributed by atoms with Crippen LogP contribution in [0.2, 0.25) is 0 Å². The van der Waals surface area contributed by atoms with Crippen molar-refractivity contribution in [3.8, 4) is 56.0 Å². The minimum atomic E-state index is -2.53. The number of rotatable bonds is 10. The Labute approximate surface area is 453 Å². The van der Waals surface area contributed by atoms with Gasteiger partial charge in [0.2, 0.25) is 24.2 Å². The maximum absolute atomic E-state index is 16.1. The monoisotopic (exact) mass is 1150 g/mol. The molecule has 16 nitrogen and oxygen atoms in total. The van der Waals surface area contributed by atoms with E-state index in [2.05, 4.69) is 15.0 Å². The molecule has 0 unspecified atom stereocenters. The van der Waals surface area contributed by atoms with Crippen molar-refractivity contribution >= 4 is 46.4 Å². The first-order chi connectivity index (χ1) is 39.2. The molecule has 0 spiro atoms. The fourth-order valence-corrected chi connectivity index (χ4v) is 9.99. The van der Waals surface area contributed by atoms with Crippen molar-refractivity contribution in [1.82, 2.24) is 19.9 Å². The number of halogens is 10. The summed E-state index contributed by atoms with van der Waals surface area (Å²) >= 11 is 0. The van der Waals surface area contributed by atoms with Crippen LogP contribution in [-0.2, 0) is 9.47 Å². The van der Waals surface area contributed by atoms with E-state index in [0.717, 1.165) is 24.3 Å². The van der Waals surface area contributed by atoms with Gasteiger partial charge in [-0.1, -0.05) is 24.3 Å². The van der Waals surface area contributed by atoms with E-state index in [9.17, 15) is 49.6 Å². The second kappa shape index (κ2) is 21.7. The number of nitrogens with zero attached hydrogens (tertiary/aromatic N) is 2. The third-order valence-corrected chi connectivity index (χ3v) is 14.2. The molecule has 2 fully saturated rings. The second-order valence-corrected chi connectivity index (χ2v) is 19.1. The zero-order valence-corrected chi connectivity index (χ0v) is 41.3. The Morgan fingerprint density at radius 2 is 0.634 bits per heavy atom. The highest BCUT2D eigenvalue weighted by Crippen LogP contribution is 2.43. The average molecular weight is 1150 g/mol. The van der Waals surface area contributed by atoms with Gasteiger partial charge in [-0.05, 0) is 84.0 Å². The average Bonchev–Trinajstić information content (AvgIpc) is 4.51. The third-order valence-electron chi connectivity index (χ3n) is 14.2. The van der Waals surface area contributed by atoms with Gasteiger partial charge < -0.3 is 69.8 Å². The molecule has 11 rings (SSSR count). The minimum absolute atomic E-state index is 0.00410. The molecule has 4 aliphatic rings. The van der Waals surface area contributed by atoms with Crippen LogP contribution in [0.5, 0.6) is 11.5 Å². The lowest BCUT2D eigenvalue weighted by Gasteiger charge is -2.39. The molecule has 0 aliphatic carbocycles. The molecule has 426 valence electrons. The van der Waals surface area contributed by atoms with Crippen molar-refractivity contribution < 1.29 is 104 Å². The summed E-state index contributed by atoms with van der Waals surface area (Å²) in [6.45, 7) is -1.51. The number of ether oxygens (including phenoxy) is 4. The van der Waals surface area contributed by atoms with Crippen molar-refractivity contribution in [1.29, 1.82) is 0 Å². The van der Waals surface area contributed by atoms with E-state index in [0.29, 0.717) is 0 Å². The zero-order chi connectivity index (χ0) is 58.3. The summed E-state index contributed by atoms with van der Waals surface area (Å²) in [5, 5.41) is 82.1. The van der Waals surface area contributed by atoms with Crippen molar-refractivity contribution in [3.05, 3.63) is 154 Å². The fraction of sp³-hybridized carbons (Fsp3) is 0.214. The molecule has 0 amide bonds. The molecule has 0 radical (unpaired) electrons. The number of aromatic amines is 2. The largest absolute Gasteiger partial charge is 0.462 e. The smallest absolute Gasteiger partial charge is 0.229 e. The molecular weight excluding hydrogens is 1110 g/mol. The normalized spacial score (nSPS) is 23.4. The highest BCUT2D eigenvalue weighted by Gasteiger charge is 2.46. The Morgan fingerprint density at radius 1 is 0.354 bits per heavy atom. The van der Waals surface area contributed by atoms with Gasteiger partial charge in [0, 0.05) is 44.3 Å². The molecule has 4 aliphatic heterocycles. The van der Waals surface area contributed by atoms with E-state index in [4.69, 9.17) is 23.9 Å². The number of aliphatic hydroxyl groups excluding tert-OH is 8. The first kappa shape index (κ1) is 55.9. The predicted octanol–water partition coefficient (Wildman–Crippen LogP) is 7.07. The lowest BCUT2D eigenvalue weighted by atomic mass is 9.99. The summed E-state index contributed by atoms with van der Waals surface area (Å²) in [7, 11) is 0. The van der Waals surface area contributed by atoms with Crippen LogP contribution in [0.15, 0.2) is 72.8 Å². The highest BCUT2D eigenvalue weighted by molar-refractivity contribution is 6.00. The van der Waals surface area contributed by atoms with Crippen molar-refractivity contribution in [2.45, 2.75) is 61.4 Å². The van der Waals surface area contributed by atoms with Gasteiger partial charge in [0.1, 0.15) is 60.3 Å². The van der Waals surface area contributed by atoms with Gasteiger partial charge in [0.15, 0.2) is 46.5 Å². The quantitative estimate of drug-likeness (QED) is 0.0374. The molecule has 26 heteroatoms. The second-order valence-electron chi connectivity index (χ2n) is 19.1. The first-order valence-corrected chi connectivity index (χ1v) is 24.6. The molecule has 10 N–H and O–H groups in total. The summed E-state index contributed by atoms with van der Waals surface area (Å²) in [6.07, 6.45) is -11.6. The van der Waals surface area contributed by atoms with E-state index >= 15 is 35.1 Å². The molecule has 10 atom stereocenters. The molecular formula is C56H40F10N4O12. The van der Waals surface area contributed by atoms with Gasteiger partial charge in [-0.2, -0.15) is 0 Å². The van der Waals surface area contributed by atoms with E-state index in [1.54, 1.807) is 0 Å². The van der Waals surface area contributed by atoms with Crippen molar-refractivity contribution in [3.63, 3.8) is 0 Å². The van der Waals surface area contributed by atoms with Gasteiger partial charge in [-0.25, -0.2) is 53.9 Å². The number of hydrogen-bond acceptors (Lipinski definition) is 14. The van der Waals surface area contributed by atoms with Crippen LogP contribution in [0, 0.1) is 58.2 Å². The number of aromatic nitrogens is 4. The summed E-state index contributed by atoms with van der Waals surface area (Å²) in [6, 6.07) is 16.3. The Hall–Kier alpha value is -8.02. The topological polar surface area (TPSA) is 256 Å². The highest BCUT2D eigenvalue weighted by atomic mass is 19.2. The Bertz CT molecular complexity index is 3630. The van der Waals surface area contributed by atoms with Crippen LogP contribution >= 0.6 is 0 Å². The van der Waals surface area contributed by atoms with Crippen LogP contribution in [0.1, 0.15) is 22.8 Å². The van der Waals surface area contributed by atoms with E-state index in [1.165, 1.54) is 72.8 Å². The summed E-state index contributed by atoms with van der Waals surface area (Å²) < 4.78 is 177. The van der Waals surface area contributed by atoms with Crippen LogP contribution < -0.4 is 9.47 Å². The van der Waals surface area contributed by atoms with E-state index in [-0.39, 0.29) is 56.2 Å². The SMILES string of the molecule is OC[C@H]1O[C@@H](Oc2ccc(-c3c4nc(c(-c5ccc(O[C@@H]6O[C@H](CO)[C@@H](O)[C@H](O)[C@H]6O)cc5)c5ccc([nH]5)c(-c5c(F)c(F)c(F)c(F)c5F)c5nc(c(-c6c(F)c(F)c(F)c(F)c6F)c6ccc3[nH]6)C=C5)C=C4)cc2)[C@H](O)[C@@H](O)[C@@H]1O. The maximum atomic E-state index is 16.1. The van der Waals surface area contributed by atoms with Gasteiger partial charge in [-0.3, -0.25) is 0 Å². The van der Waals surface area contributed by atoms with E-state index in [1.807, 2.05) is 0 Å². The minimum Gasteiger partial charge on any atom is -0.462 e. The van der Waals surface area contributed by atoms with Crippen LogP contribution in [-0.4, -0.2) is 135 Å². The molecule has 7 heterocycles. The number of hydrogen-bond donors (Lipinski definition) is 10. The first-order valence-electron chi connectivity index (χ1n) is 24.6. The number of H-pyrrole nitrogens is 2. The molecule has 0 saturated carbocycles. The van der Waals surface area contributed by atoms with Gasteiger partial charge >= 0.3 is 0 Å². The van der Waals surface area contributed by atoms with Gasteiger partial charge in [0.25, 0.3) is 0 Å². The third kappa shape index (κ3) is 9.44. The fourth-order valence-electron chi connectivity index (χ4n) is 9.99. The predicted molar refractivity (Wildman–Crippen MR) is 269 cm³/mol. The lowest BCUT2D eigenvalue weighted by molar-refractivity contribution is -0.277. The number of aliphatic hydroxyl groups is 8. The summed E-state index contributed by atoms with van der Waals surface area (Å²) in [5.41, 5.74) is -5.87. The van der Waals surface area contributed by atoms with Crippen LogP contribution in [0.4, 0.5) is 43.9 Å². The van der Waals surface area contributed by atoms with Crippen molar-refractivity contribution in [2.75, 3.05) is 13.2 Å². The lowest BCUT2D eigenvalue weighted by Crippen LogP contribution is -2.60. The standard InChI is InChI=1S/C56H40F10N4O12/c57-39-37(40(58)44(62)47(65)43(39)61)35-27-13-11-25(68-27)33(19-1-5-21(6-2-19)79-55-53(77)51(75)49(73)31(17-71)81-55)23-9-10-24(67-23)34(20-3-7-22(8-4-20)80-56-54(78)52(76)50(74)32(18-72)82-56)26-12-14-28(69-26)36(30-16-15-29(35)70-30)38-41(59)45(63)48(66)46(64)42(38)60/h1-16,31-32,49-56,68-69,71-78H,17-18H2/t31-,32-,49-,50-,51+,52+,53-,54-,55-,56-/m1/s1. The Balaban J connectivity index is 1.18. The van der Waals surface area contributed by atoms with E-state index < -0.39 is 177 Å². The number of benzene rings is 4. The Kier molecular flexibility index (Phi) is 14.8. The van der Waals surface area contributed by atoms with Gasteiger partial charge in [0.05, 0.1) is 47.1 Å². The zero-order valence-electron chi connectivity index (χ0n) is 41.3. The Morgan fingerprint density at radius 3 is 0.939 bits per heavy atom. The molecule has 8 bridgehead atoms. The molecule has 2 saturated heterocycles. The molecule has 82 heavy (non-hydrogen) atoms. The molecule has 4 aromatic carbocycles. The maximum Gasteiger partial charge on any atom is 0.229 e. The van der Waals surface area contributed by atoms with Crippen molar-refractivity contribution in [2.24, 2.45) is 0 Å². The summed E-state index contributed by atoms with van der Waals surface area (Å²) in [4.78, 5) is 15.1. The number of fused-ring (bicyclic) bond motifs is 8. The van der Waals surface area contributed by atoms with Gasteiger partial charge in [-0.15, -0.1) is 0 Å². The number of nitrogens with one attached hydrogen (secondary N) is 2. The van der Waals surface area contributed by atoms with Crippen LogP contribution in [0.3, 0.4) is 0 Å². The molecule has 7 aromatic rings.